The van der Waals surface area contributed by atoms with Gasteiger partial charge in [0.2, 0.25) is 0 Å². The van der Waals surface area contributed by atoms with Crippen molar-refractivity contribution in [1.29, 1.82) is 0 Å². The Morgan fingerprint density at radius 3 is 3.20 bits per heavy atom. The van der Waals surface area contributed by atoms with Crippen LogP contribution in [0, 0.1) is 0 Å². The van der Waals surface area contributed by atoms with E-state index in [9.17, 15) is 4.79 Å². The van der Waals surface area contributed by atoms with E-state index in [0.717, 1.165) is 51.3 Å². The van der Waals surface area contributed by atoms with Crippen molar-refractivity contribution in [2.75, 3.05) is 26.7 Å². The van der Waals surface area contributed by atoms with Gasteiger partial charge in [-0.2, -0.15) is 5.10 Å². The molecule has 0 radical (unpaired) electrons. The first-order valence-corrected chi connectivity index (χ1v) is 8.97. The molecule has 25 heavy (non-hydrogen) atoms. The average molecular weight is 340 g/mol. The van der Waals surface area contributed by atoms with Crippen LogP contribution in [0.2, 0.25) is 0 Å². The number of amides is 1. The first kappa shape index (κ1) is 16.1. The fourth-order valence-corrected chi connectivity index (χ4v) is 3.78. The first-order valence-electron chi connectivity index (χ1n) is 8.97. The molecule has 4 rings (SSSR count). The summed E-state index contributed by atoms with van der Waals surface area (Å²) in [4.78, 5) is 14.2. The summed E-state index contributed by atoms with van der Waals surface area (Å²) in [6.45, 7) is 3.82. The van der Waals surface area contributed by atoms with Crippen molar-refractivity contribution in [3.8, 4) is 5.75 Å². The number of hydrogen-bond donors (Lipinski definition) is 1. The Morgan fingerprint density at radius 1 is 1.40 bits per heavy atom. The Balaban J connectivity index is 1.42. The number of piperidine rings is 1. The van der Waals surface area contributed by atoms with Crippen molar-refractivity contribution in [3.63, 3.8) is 0 Å². The van der Waals surface area contributed by atoms with Crippen LogP contribution in [0.15, 0.2) is 30.5 Å². The quantitative estimate of drug-likeness (QED) is 0.925. The Bertz CT molecular complexity index is 771. The lowest BCUT2D eigenvalue weighted by atomic mass is 10.0. The number of fused-ring (bicyclic) bond motifs is 1. The van der Waals surface area contributed by atoms with Crippen molar-refractivity contribution < 1.29 is 9.53 Å². The third kappa shape index (κ3) is 3.39. The summed E-state index contributed by atoms with van der Waals surface area (Å²) < 4.78 is 7.54. The summed E-state index contributed by atoms with van der Waals surface area (Å²) in [7, 11) is 1.63. The predicted octanol–water partition coefficient (Wildman–Crippen LogP) is 2.01. The van der Waals surface area contributed by atoms with Crippen molar-refractivity contribution >= 4 is 5.91 Å². The van der Waals surface area contributed by atoms with Gasteiger partial charge < -0.3 is 10.1 Å². The van der Waals surface area contributed by atoms with E-state index in [0.29, 0.717) is 11.7 Å². The molecule has 132 valence electrons. The minimum absolute atomic E-state index is 0.133. The van der Waals surface area contributed by atoms with Crippen LogP contribution in [0.3, 0.4) is 0 Å². The smallest absolute Gasteiger partial charge is 0.271 e. The van der Waals surface area contributed by atoms with Gasteiger partial charge in [0.1, 0.15) is 11.4 Å². The Labute approximate surface area is 147 Å². The lowest BCUT2D eigenvalue weighted by Gasteiger charge is -2.33. The number of rotatable bonds is 4. The lowest BCUT2D eigenvalue weighted by molar-refractivity contribution is 0.0955. The number of benzene rings is 1. The largest absolute Gasteiger partial charge is 0.493 e. The number of aromatic nitrogens is 2. The van der Waals surface area contributed by atoms with Gasteiger partial charge in [-0.1, -0.05) is 12.1 Å². The maximum Gasteiger partial charge on any atom is 0.271 e. The van der Waals surface area contributed by atoms with E-state index < -0.39 is 0 Å². The number of hydrogen-bond acceptors (Lipinski definition) is 4. The van der Waals surface area contributed by atoms with E-state index in [4.69, 9.17) is 4.74 Å². The average Bonchev–Trinajstić information content (AvgIpc) is 3.30. The zero-order valence-electron chi connectivity index (χ0n) is 14.6. The predicted molar refractivity (Wildman–Crippen MR) is 94.8 cm³/mol. The number of likely N-dealkylation sites (tertiary alicyclic amines) is 1. The van der Waals surface area contributed by atoms with Crippen molar-refractivity contribution in [2.45, 2.75) is 31.8 Å². The van der Waals surface area contributed by atoms with Crippen LogP contribution in [0.4, 0.5) is 0 Å². The first-order chi connectivity index (χ1) is 12.2. The minimum Gasteiger partial charge on any atom is -0.493 e. The van der Waals surface area contributed by atoms with E-state index in [1.54, 1.807) is 13.1 Å². The highest BCUT2D eigenvalue weighted by Crippen LogP contribution is 2.28. The van der Waals surface area contributed by atoms with Crippen LogP contribution in [0.5, 0.6) is 5.75 Å². The SMILES string of the molecule is CNC(=O)c1ccn(C2CCCN(Cc3ccc4c(c3)CCO4)C2)n1. The zero-order chi connectivity index (χ0) is 17.2. The number of ether oxygens (including phenoxy) is 1. The van der Waals surface area contributed by atoms with Gasteiger partial charge in [-0.25, -0.2) is 0 Å². The highest BCUT2D eigenvalue weighted by molar-refractivity contribution is 5.91. The van der Waals surface area contributed by atoms with Gasteiger partial charge in [-0.3, -0.25) is 14.4 Å². The second-order valence-electron chi connectivity index (χ2n) is 6.83. The molecule has 1 saturated heterocycles. The molecule has 6 nitrogen and oxygen atoms in total. The van der Waals surface area contributed by atoms with Gasteiger partial charge in [-0.15, -0.1) is 0 Å². The summed E-state index contributed by atoms with van der Waals surface area (Å²) >= 11 is 0. The Hall–Kier alpha value is -2.34. The van der Waals surface area contributed by atoms with Crippen molar-refractivity contribution in [1.82, 2.24) is 20.0 Å². The monoisotopic (exact) mass is 340 g/mol. The number of nitrogens with zero attached hydrogens (tertiary/aromatic N) is 3. The molecule has 1 aromatic carbocycles. The molecular weight excluding hydrogens is 316 g/mol. The van der Waals surface area contributed by atoms with Gasteiger partial charge in [0.05, 0.1) is 12.6 Å². The topological polar surface area (TPSA) is 59.4 Å². The molecule has 0 aliphatic carbocycles. The molecule has 2 aromatic rings. The maximum atomic E-state index is 11.7. The van der Waals surface area contributed by atoms with Gasteiger partial charge in [-0.05, 0) is 42.6 Å². The molecule has 2 aliphatic rings. The van der Waals surface area contributed by atoms with E-state index in [1.807, 2.05) is 10.9 Å². The Kier molecular flexibility index (Phi) is 4.44. The van der Waals surface area contributed by atoms with Gasteiger partial charge in [0, 0.05) is 32.8 Å². The zero-order valence-corrected chi connectivity index (χ0v) is 14.6. The fourth-order valence-electron chi connectivity index (χ4n) is 3.78. The normalized spacial score (nSPS) is 20.1. The summed E-state index contributed by atoms with van der Waals surface area (Å²) in [5.41, 5.74) is 3.16. The molecule has 1 N–H and O–H groups in total. The van der Waals surface area contributed by atoms with Crippen molar-refractivity contribution in [3.05, 3.63) is 47.3 Å². The van der Waals surface area contributed by atoms with Crippen LogP contribution in [-0.2, 0) is 13.0 Å². The summed E-state index contributed by atoms with van der Waals surface area (Å²) in [6.07, 6.45) is 5.18. The molecule has 2 aliphatic heterocycles. The van der Waals surface area contributed by atoms with E-state index in [1.165, 1.54) is 11.1 Å². The summed E-state index contributed by atoms with van der Waals surface area (Å²) in [5, 5.41) is 7.08. The number of carbonyl (C=O) groups excluding carboxylic acids is 1. The van der Waals surface area contributed by atoms with Crippen LogP contribution in [-0.4, -0.2) is 47.3 Å². The Morgan fingerprint density at radius 2 is 2.32 bits per heavy atom. The molecule has 1 amide bonds. The molecule has 1 atom stereocenters. The highest BCUT2D eigenvalue weighted by Gasteiger charge is 2.23. The standard InChI is InChI=1S/C19H24N4O2/c1-20-19(24)17-6-9-23(21-17)16-3-2-8-22(13-16)12-14-4-5-18-15(11-14)7-10-25-18/h4-6,9,11,16H,2-3,7-8,10,12-13H2,1H3,(H,20,24). The van der Waals surface area contributed by atoms with Gasteiger partial charge in [0.15, 0.2) is 0 Å². The van der Waals surface area contributed by atoms with Crippen LogP contribution in [0.1, 0.15) is 40.5 Å². The number of nitrogens with one attached hydrogen (secondary N) is 1. The highest BCUT2D eigenvalue weighted by atomic mass is 16.5. The van der Waals surface area contributed by atoms with Gasteiger partial charge >= 0.3 is 0 Å². The van der Waals surface area contributed by atoms with Crippen molar-refractivity contribution in [2.24, 2.45) is 0 Å². The molecule has 3 heterocycles. The van der Waals surface area contributed by atoms with Gasteiger partial charge in [0.25, 0.3) is 5.91 Å². The second kappa shape index (κ2) is 6.88. The van der Waals surface area contributed by atoms with Crippen LogP contribution < -0.4 is 10.1 Å². The van der Waals surface area contributed by atoms with E-state index in [2.05, 4.69) is 33.5 Å². The molecule has 0 bridgehead atoms. The summed E-state index contributed by atoms with van der Waals surface area (Å²) in [6, 6.07) is 8.67. The third-order valence-electron chi connectivity index (χ3n) is 5.08. The maximum absolute atomic E-state index is 11.7. The van der Waals surface area contributed by atoms with Crippen LogP contribution >= 0.6 is 0 Å². The fraction of sp³-hybridized carbons (Fsp3) is 0.474. The molecular formula is C19H24N4O2. The third-order valence-corrected chi connectivity index (χ3v) is 5.08. The molecule has 0 spiro atoms. The second-order valence-corrected chi connectivity index (χ2v) is 6.83. The number of carbonyl (C=O) groups is 1. The van der Waals surface area contributed by atoms with E-state index in [-0.39, 0.29) is 5.91 Å². The molecule has 0 saturated carbocycles. The molecule has 1 fully saturated rings. The molecule has 1 unspecified atom stereocenters. The van der Waals surface area contributed by atoms with E-state index >= 15 is 0 Å². The molecule has 6 heteroatoms. The lowest BCUT2D eigenvalue weighted by Crippen LogP contribution is -2.36. The van der Waals surface area contributed by atoms with Crippen LogP contribution in [0.25, 0.3) is 0 Å². The molecule has 1 aromatic heterocycles. The minimum atomic E-state index is -0.133. The summed E-state index contributed by atoms with van der Waals surface area (Å²) in [5.74, 6) is 0.908.